The van der Waals surface area contributed by atoms with E-state index in [2.05, 4.69) is 4.98 Å². The maximum atomic E-state index is 12.3. The summed E-state index contributed by atoms with van der Waals surface area (Å²) in [6.07, 6.45) is 1.24. The van der Waals surface area contributed by atoms with Gasteiger partial charge in [0.1, 0.15) is 0 Å². The van der Waals surface area contributed by atoms with E-state index in [1.165, 1.54) is 12.3 Å². The van der Waals surface area contributed by atoms with Crippen LogP contribution in [0.1, 0.15) is 5.56 Å². The summed E-state index contributed by atoms with van der Waals surface area (Å²) in [5.41, 5.74) is 0.566. The lowest BCUT2D eigenvalue weighted by atomic mass is 10.3. The van der Waals surface area contributed by atoms with E-state index < -0.39 is 5.95 Å². The fourth-order valence-electron chi connectivity index (χ4n) is 0.554. The summed E-state index contributed by atoms with van der Waals surface area (Å²) in [7, 11) is 0. The molecule has 1 aromatic rings. The average Bonchev–Trinajstić information content (AvgIpc) is 1.94. The molecule has 0 fully saturated rings. The Balaban J connectivity index is 3.09. The Hall–Kier alpha value is -0.340. The molecular formula is C6H4Cl2FN. The smallest absolute Gasteiger partial charge is 0.213 e. The highest BCUT2D eigenvalue weighted by molar-refractivity contribution is 6.32. The summed E-state index contributed by atoms with van der Waals surface area (Å²) in [5.74, 6) is -0.349. The van der Waals surface area contributed by atoms with Crippen molar-refractivity contribution in [2.75, 3.05) is 0 Å². The molecular weight excluding hydrogens is 176 g/mol. The number of halogens is 3. The molecule has 10 heavy (non-hydrogen) atoms. The molecule has 0 bridgehead atoms. The van der Waals surface area contributed by atoms with E-state index in [0.29, 0.717) is 10.6 Å². The highest BCUT2D eigenvalue weighted by Crippen LogP contribution is 2.16. The molecule has 1 nitrogen and oxygen atoms in total. The molecule has 0 aliphatic carbocycles. The molecule has 0 unspecified atom stereocenters. The van der Waals surface area contributed by atoms with E-state index in [-0.39, 0.29) is 5.88 Å². The van der Waals surface area contributed by atoms with Crippen LogP contribution in [0.15, 0.2) is 12.3 Å². The third-order valence-electron chi connectivity index (χ3n) is 1.05. The van der Waals surface area contributed by atoms with Crippen molar-refractivity contribution in [3.63, 3.8) is 0 Å². The van der Waals surface area contributed by atoms with Gasteiger partial charge in [0, 0.05) is 12.1 Å². The number of nitrogens with zero attached hydrogens (tertiary/aromatic N) is 1. The summed E-state index contributed by atoms with van der Waals surface area (Å²) in [4.78, 5) is 3.33. The number of alkyl halides is 1. The Bertz CT molecular complexity index is 239. The Morgan fingerprint density at radius 2 is 2.30 bits per heavy atom. The normalized spacial score (nSPS) is 9.90. The van der Waals surface area contributed by atoms with E-state index >= 15 is 0 Å². The van der Waals surface area contributed by atoms with E-state index in [9.17, 15) is 4.39 Å². The van der Waals surface area contributed by atoms with Crippen LogP contribution in [0, 0.1) is 5.95 Å². The van der Waals surface area contributed by atoms with Crippen LogP contribution in [0.5, 0.6) is 0 Å². The van der Waals surface area contributed by atoms with E-state index in [1.54, 1.807) is 0 Å². The molecule has 1 heterocycles. The topological polar surface area (TPSA) is 12.9 Å². The quantitative estimate of drug-likeness (QED) is 0.478. The molecule has 0 aliphatic rings. The fraction of sp³-hybridized carbons (Fsp3) is 0.167. The maximum absolute atomic E-state index is 12.3. The van der Waals surface area contributed by atoms with Crippen molar-refractivity contribution in [3.05, 3.63) is 28.8 Å². The Kier molecular flexibility index (Phi) is 2.46. The first-order chi connectivity index (χ1) is 4.74. The zero-order valence-corrected chi connectivity index (χ0v) is 6.45. The zero-order chi connectivity index (χ0) is 7.56. The molecule has 0 amide bonds. The van der Waals surface area contributed by atoms with Gasteiger partial charge in [-0.05, 0) is 11.6 Å². The lowest BCUT2D eigenvalue weighted by Gasteiger charge is -1.96. The molecule has 0 spiro atoms. The molecule has 0 N–H and O–H groups in total. The monoisotopic (exact) mass is 179 g/mol. The summed E-state index contributed by atoms with van der Waals surface area (Å²) in [6.45, 7) is 0. The van der Waals surface area contributed by atoms with Crippen molar-refractivity contribution in [1.29, 1.82) is 0 Å². The van der Waals surface area contributed by atoms with Crippen LogP contribution in [-0.2, 0) is 5.88 Å². The van der Waals surface area contributed by atoms with E-state index in [0.717, 1.165) is 0 Å². The van der Waals surface area contributed by atoms with Crippen LogP contribution in [-0.4, -0.2) is 4.98 Å². The first-order valence-corrected chi connectivity index (χ1v) is 3.51. The third kappa shape index (κ3) is 1.58. The van der Waals surface area contributed by atoms with Crippen LogP contribution in [0.2, 0.25) is 5.02 Å². The molecule has 0 saturated carbocycles. The molecule has 0 aromatic carbocycles. The number of rotatable bonds is 1. The number of aromatic nitrogens is 1. The minimum absolute atomic E-state index is 0.207. The van der Waals surface area contributed by atoms with Crippen molar-refractivity contribution in [2.24, 2.45) is 0 Å². The highest BCUT2D eigenvalue weighted by Gasteiger charge is 2.00. The summed E-state index contributed by atoms with van der Waals surface area (Å²) >= 11 is 11.0. The number of hydrogen-bond donors (Lipinski definition) is 0. The molecule has 1 rings (SSSR count). The van der Waals surface area contributed by atoms with Gasteiger partial charge in [0.15, 0.2) is 0 Å². The minimum Gasteiger partial charge on any atom is -0.227 e. The Morgan fingerprint density at radius 1 is 1.60 bits per heavy atom. The van der Waals surface area contributed by atoms with Crippen LogP contribution in [0.25, 0.3) is 0 Å². The van der Waals surface area contributed by atoms with Gasteiger partial charge in [-0.1, -0.05) is 11.6 Å². The second-order valence-electron chi connectivity index (χ2n) is 1.73. The first kappa shape index (κ1) is 7.76. The van der Waals surface area contributed by atoms with Crippen LogP contribution < -0.4 is 0 Å². The van der Waals surface area contributed by atoms with E-state index in [4.69, 9.17) is 23.2 Å². The molecule has 0 saturated heterocycles. The Labute approximate surface area is 67.8 Å². The minimum atomic E-state index is -0.556. The standard InChI is InChI=1S/C6H4Cl2FN/c7-2-4-1-6(9)10-3-5(4)8/h1,3H,2H2. The van der Waals surface area contributed by atoms with E-state index in [1.807, 2.05) is 0 Å². The zero-order valence-electron chi connectivity index (χ0n) is 4.94. The summed E-state index contributed by atoms with van der Waals surface area (Å²) in [5, 5.41) is 0.399. The van der Waals surface area contributed by atoms with Gasteiger partial charge >= 0.3 is 0 Å². The highest BCUT2D eigenvalue weighted by atomic mass is 35.5. The van der Waals surface area contributed by atoms with Gasteiger partial charge in [-0.2, -0.15) is 4.39 Å². The van der Waals surface area contributed by atoms with Crippen LogP contribution >= 0.6 is 23.2 Å². The van der Waals surface area contributed by atoms with Crippen molar-refractivity contribution in [1.82, 2.24) is 4.98 Å². The first-order valence-electron chi connectivity index (χ1n) is 2.60. The molecule has 0 aliphatic heterocycles. The second kappa shape index (κ2) is 3.17. The van der Waals surface area contributed by atoms with Crippen molar-refractivity contribution in [2.45, 2.75) is 5.88 Å². The van der Waals surface area contributed by atoms with Gasteiger partial charge in [-0.3, -0.25) is 0 Å². The van der Waals surface area contributed by atoms with Crippen LogP contribution in [0.3, 0.4) is 0 Å². The number of hydrogen-bond acceptors (Lipinski definition) is 1. The van der Waals surface area contributed by atoms with Gasteiger partial charge in [-0.15, -0.1) is 11.6 Å². The van der Waals surface area contributed by atoms with Crippen molar-refractivity contribution in [3.8, 4) is 0 Å². The van der Waals surface area contributed by atoms with Crippen LogP contribution in [0.4, 0.5) is 4.39 Å². The van der Waals surface area contributed by atoms with Gasteiger partial charge in [0.05, 0.1) is 5.02 Å². The number of pyridine rings is 1. The molecule has 0 radical (unpaired) electrons. The SMILES string of the molecule is Fc1cc(CCl)c(Cl)cn1. The largest absolute Gasteiger partial charge is 0.227 e. The molecule has 4 heteroatoms. The predicted molar refractivity (Wildman–Crippen MR) is 38.8 cm³/mol. The third-order valence-corrected chi connectivity index (χ3v) is 1.67. The average molecular weight is 180 g/mol. The summed E-state index contributed by atoms with van der Waals surface area (Å²) < 4.78 is 12.3. The second-order valence-corrected chi connectivity index (χ2v) is 2.41. The molecule has 54 valence electrons. The van der Waals surface area contributed by atoms with Gasteiger partial charge in [0.25, 0.3) is 0 Å². The van der Waals surface area contributed by atoms with Gasteiger partial charge in [0.2, 0.25) is 5.95 Å². The fourth-order valence-corrected chi connectivity index (χ4v) is 1.01. The van der Waals surface area contributed by atoms with Crippen molar-refractivity contribution < 1.29 is 4.39 Å². The maximum Gasteiger partial charge on any atom is 0.213 e. The molecule has 1 aromatic heterocycles. The predicted octanol–water partition coefficient (Wildman–Crippen LogP) is 2.61. The summed E-state index contributed by atoms with van der Waals surface area (Å²) in [6, 6.07) is 1.22. The Morgan fingerprint density at radius 3 is 2.80 bits per heavy atom. The van der Waals surface area contributed by atoms with Gasteiger partial charge in [-0.25, -0.2) is 4.98 Å². The lowest BCUT2D eigenvalue weighted by molar-refractivity contribution is 0.582. The molecule has 0 atom stereocenters. The lowest BCUT2D eigenvalue weighted by Crippen LogP contribution is -1.86. The van der Waals surface area contributed by atoms with Crippen molar-refractivity contribution >= 4 is 23.2 Å². The van der Waals surface area contributed by atoms with Gasteiger partial charge < -0.3 is 0 Å².